The molecular formula is C13H19N3OS. The van der Waals surface area contributed by atoms with Gasteiger partial charge in [-0.1, -0.05) is 6.92 Å². The lowest BCUT2D eigenvalue weighted by molar-refractivity contribution is 0.0699. The van der Waals surface area contributed by atoms with E-state index in [0.29, 0.717) is 22.2 Å². The Kier molecular flexibility index (Phi) is 3.71. The molecule has 1 aliphatic heterocycles. The van der Waals surface area contributed by atoms with Gasteiger partial charge in [-0.05, 0) is 25.1 Å². The van der Waals surface area contributed by atoms with E-state index in [1.54, 1.807) is 18.2 Å². The van der Waals surface area contributed by atoms with Crippen LogP contribution in [0, 0.1) is 0 Å². The van der Waals surface area contributed by atoms with Crippen molar-refractivity contribution >= 4 is 29.0 Å². The van der Waals surface area contributed by atoms with Crippen LogP contribution in [-0.2, 0) is 0 Å². The van der Waals surface area contributed by atoms with Crippen LogP contribution in [-0.4, -0.2) is 34.4 Å². The van der Waals surface area contributed by atoms with Gasteiger partial charge >= 0.3 is 0 Å². The van der Waals surface area contributed by atoms with E-state index in [1.807, 2.05) is 16.7 Å². The predicted molar refractivity (Wildman–Crippen MR) is 77.7 cm³/mol. The SMILES string of the molecule is CC1SCCN(C(=O)c2ccc(N)cc2N)C1C. The minimum Gasteiger partial charge on any atom is -0.399 e. The summed E-state index contributed by atoms with van der Waals surface area (Å²) in [6.45, 7) is 5.02. The molecule has 0 aliphatic carbocycles. The van der Waals surface area contributed by atoms with E-state index >= 15 is 0 Å². The maximum absolute atomic E-state index is 12.5. The normalized spacial score (nSPS) is 24.0. The van der Waals surface area contributed by atoms with Gasteiger partial charge in [-0.25, -0.2) is 0 Å². The summed E-state index contributed by atoms with van der Waals surface area (Å²) in [4.78, 5) is 14.4. The number of benzene rings is 1. The molecule has 18 heavy (non-hydrogen) atoms. The van der Waals surface area contributed by atoms with Crippen LogP contribution in [0.2, 0.25) is 0 Å². The van der Waals surface area contributed by atoms with Gasteiger partial charge in [0.15, 0.2) is 0 Å². The Labute approximate surface area is 112 Å². The number of hydrogen-bond donors (Lipinski definition) is 2. The topological polar surface area (TPSA) is 72.3 Å². The maximum Gasteiger partial charge on any atom is 0.256 e. The van der Waals surface area contributed by atoms with Gasteiger partial charge in [-0.15, -0.1) is 0 Å². The molecule has 1 saturated heterocycles. The van der Waals surface area contributed by atoms with Crippen molar-refractivity contribution in [2.24, 2.45) is 0 Å². The molecule has 1 amide bonds. The van der Waals surface area contributed by atoms with Crippen molar-refractivity contribution in [3.8, 4) is 0 Å². The minimum atomic E-state index is 0.00662. The highest BCUT2D eigenvalue weighted by atomic mass is 32.2. The molecule has 1 aliphatic rings. The number of hydrogen-bond acceptors (Lipinski definition) is 4. The van der Waals surface area contributed by atoms with Crippen LogP contribution in [0.25, 0.3) is 0 Å². The third-order valence-electron chi connectivity index (χ3n) is 3.45. The van der Waals surface area contributed by atoms with Crippen LogP contribution >= 0.6 is 11.8 Å². The zero-order valence-corrected chi connectivity index (χ0v) is 11.5. The quantitative estimate of drug-likeness (QED) is 0.760. The first kappa shape index (κ1) is 13.1. The van der Waals surface area contributed by atoms with Gasteiger partial charge in [0, 0.05) is 35.0 Å². The Hall–Kier alpha value is -1.36. The number of nitrogen functional groups attached to an aromatic ring is 2. The number of carbonyl (C=O) groups is 1. The molecule has 1 aromatic carbocycles. The monoisotopic (exact) mass is 265 g/mol. The average Bonchev–Trinajstić information content (AvgIpc) is 2.32. The average molecular weight is 265 g/mol. The smallest absolute Gasteiger partial charge is 0.256 e. The third-order valence-corrected chi connectivity index (χ3v) is 4.79. The third kappa shape index (κ3) is 2.41. The Balaban J connectivity index is 2.25. The Bertz CT molecular complexity index is 464. The van der Waals surface area contributed by atoms with Crippen molar-refractivity contribution < 1.29 is 4.79 Å². The summed E-state index contributed by atoms with van der Waals surface area (Å²) in [6.07, 6.45) is 0. The summed E-state index contributed by atoms with van der Waals surface area (Å²) in [6, 6.07) is 5.30. The molecule has 0 spiro atoms. The predicted octanol–water partition coefficient (Wildman–Crippen LogP) is 1.82. The summed E-state index contributed by atoms with van der Waals surface area (Å²) in [7, 11) is 0. The number of nitrogens with two attached hydrogens (primary N) is 2. The van der Waals surface area contributed by atoms with Crippen LogP contribution in [0.4, 0.5) is 11.4 Å². The highest BCUT2D eigenvalue weighted by Crippen LogP contribution is 2.27. The van der Waals surface area contributed by atoms with Gasteiger partial charge in [0.25, 0.3) is 5.91 Å². The second-order valence-electron chi connectivity index (χ2n) is 4.66. The number of carbonyl (C=O) groups excluding carboxylic acids is 1. The van der Waals surface area contributed by atoms with Gasteiger partial charge in [-0.2, -0.15) is 11.8 Å². The van der Waals surface area contributed by atoms with Gasteiger partial charge < -0.3 is 16.4 Å². The first-order chi connectivity index (χ1) is 8.50. The fraction of sp³-hybridized carbons (Fsp3) is 0.462. The Morgan fingerprint density at radius 3 is 2.78 bits per heavy atom. The number of rotatable bonds is 1. The summed E-state index contributed by atoms with van der Waals surface area (Å²) in [5.41, 5.74) is 13.1. The summed E-state index contributed by atoms with van der Waals surface area (Å²) in [5, 5.41) is 0.456. The van der Waals surface area contributed by atoms with E-state index < -0.39 is 0 Å². The maximum atomic E-state index is 12.5. The Morgan fingerprint density at radius 2 is 2.11 bits per heavy atom. The molecule has 5 heteroatoms. The second kappa shape index (κ2) is 5.10. The summed E-state index contributed by atoms with van der Waals surface area (Å²) in [5.74, 6) is 0.985. The molecule has 4 nitrogen and oxygen atoms in total. The van der Waals surface area contributed by atoms with E-state index in [1.165, 1.54) is 0 Å². The first-order valence-electron chi connectivity index (χ1n) is 6.08. The lowest BCUT2D eigenvalue weighted by Crippen LogP contribution is -2.48. The van der Waals surface area contributed by atoms with E-state index in [9.17, 15) is 4.79 Å². The molecule has 1 heterocycles. The zero-order chi connectivity index (χ0) is 13.3. The van der Waals surface area contributed by atoms with Crippen LogP contribution in [0.15, 0.2) is 18.2 Å². The summed E-state index contributed by atoms with van der Waals surface area (Å²) < 4.78 is 0. The van der Waals surface area contributed by atoms with Crippen molar-refractivity contribution in [3.05, 3.63) is 23.8 Å². The van der Waals surface area contributed by atoms with Crippen LogP contribution in [0.3, 0.4) is 0 Å². The highest BCUT2D eigenvalue weighted by Gasteiger charge is 2.30. The molecule has 0 saturated carbocycles. The van der Waals surface area contributed by atoms with Gasteiger partial charge in [0.05, 0.1) is 5.56 Å². The fourth-order valence-electron chi connectivity index (χ4n) is 2.15. The van der Waals surface area contributed by atoms with Crippen LogP contribution in [0.5, 0.6) is 0 Å². The van der Waals surface area contributed by atoms with Gasteiger partial charge in [0.1, 0.15) is 0 Å². The molecule has 0 radical (unpaired) electrons. The van der Waals surface area contributed by atoms with E-state index in [2.05, 4.69) is 13.8 Å². The molecule has 2 unspecified atom stereocenters. The number of nitrogens with zero attached hydrogens (tertiary/aromatic N) is 1. The lowest BCUT2D eigenvalue weighted by atomic mass is 10.1. The minimum absolute atomic E-state index is 0.00662. The lowest BCUT2D eigenvalue weighted by Gasteiger charge is -2.37. The molecule has 2 rings (SSSR count). The number of amides is 1. The Morgan fingerprint density at radius 1 is 1.39 bits per heavy atom. The van der Waals surface area contributed by atoms with Crippen molar-refractivity contribution in [2.75, 3.05) is 23.8 Å². The zero-order valence-electron chi connectivity index (χ0n) is 10.7. The highest BCUT2D eigenvalue weighted by molar-refractivity contribution is 8.00. The molecule has 0 bridgehead atoms. The molecule has 2 atom stereocenters. The largest absolute Gasteiger partial charge is 0.399 e. The van der Waals surface area contributed by atoms with Crippen molar-refractivity contribution in [2.45, 2.75) is 25.1 Å². The van der Waals surface area contributed by atoms with Crippen molar-refractivity contribution in [1.29, 1.82) is 0 Å². The molecule has 1 fully saturated rings. The summed E-state index contributed by atoms with van der Waals surface area (Å²) >= 11 is 1.90. The second-order valence-corrected chi connectivity index (χ2v) is 6.15. The molecule has 0 aromatic heterocycles. The molecular weight excluding hydrogens is 246 g/mol. The van der Waals surface area contributed by atoms with E-state index in [0.717, 1.165) is 12.3 Å². The standard InChI is InChI=1S/C13H19N3OS/c1-8-9(2)18-6-5-16(8)13(17)11-4-3-10(14)7-12(11)15/h3-4,7-9H,5-6,14-15H2,1-2H3. The fourth-order valence-corrected chi connectivity index (χ4v) is 3.25. The van der Waals surface area contributed by atoms with Crippen molar-refractivity contribution in [1.82, 2.24) is 4.90 Å². The van der Waals surface area contributed by atoms with E-state index in [4.69, 9.17) is 11.5 Å². The first-order valence-corrected chi connectivity index (χ1v) is 7.13. The molecule has 4 N–H and O–H groups in total. The van der Waals surface area contributed by atoms with Crippen LogP contribution < -0.4 is 11.5 Å². The number of anilines is 2. The number of thioether (sulfide) groups is 1. The van der Waals surface area contributed by atoms with E-state index in [-0.39, 0.29) is 11.9 Å². The molecule has 1 aromatic rings. The van der Waals surface area contributed by atoms with Gasteiger partial charge in [-0.3, -0.25) is 4.79 Å². The van der Waals surface area contributed by atoms with Crippen LogP contribution in [0.1, 0.15) is 24.2 Å². The molecule has 98 valence electrons. The van der Waals surface area contributed by atoms with Crippen molar-refractivity contribution in [3.63, 3.8) is 0 Å². The van der Waals surface area contributed by atoms with Gasteiger partial charge in [0.2, 0.25) is 0 Å².